The summed E-state index contributed by atoms with van der Waals surface area (Å²) in [5.41, 5.74) is -1.35. The van der Waals surface area contributed by atoms with Crippen LogP contribution in [0.3, 0.4) is 0 Å². The number of halogens is 6. The van der Waals surface area contributed by atoms with Gasteiger partial charge in [0.05, 0.1) is 12.0 Å². The van der Waals surface area contributed by atoms with Gasteiger partial charge in [0.2, 0.25) is 32.7 Å². The van der Waals surface area contributed by atoms with E-state index in [-0.39, 0.29) is 32.2 Å². The van der Waals surface area contributed by atoms with E-state index in [2.05, 4.69) is 10.6 Å². The molecule has 238 valence electrons. The van der Waals surface area contributed by atoms with Crippen molar-refractivity contribution in [3.8, 4) is 0 Å². The summed E-state index contributed by atoms with van der Waals surface area (Å²) in [5, 5.41) is 4.81. The lowest BCUT2D eigenvalue weighted by atomic mass is 9.70. The number of carbonyl (C=O) groups excluding carboxylic acids is 4. The summed E-state index contributed by atoms with van der Waals surface area (Å²) in [7, 11) is -4.38. The van der Waals surface area contributed by atoms with Crippen LogP contribution in [0.2, 0.25) is 0 Å². The second-order valence-corrected chi connectivity index (χ2v) is 14.1. The van der Waals surface area contributed by atoms with Crippen molar-refractivity contribution < 1.29 is 53.9 Å². The van der Waals surface area contributed by atoms with Crippen LogP contribution in [0.4, 0.5) is 26.3 Å². The van der Waals surface area contributed by atoms with E-state index < -0.39 is 98.6 Å². The Kier molecular flexibility index (Phi) is 9.36. The van der Waals surface area contributed by atoms with Crippen LogP contribution >= 0.6 is 0 Å². The van der Waals surface area contributed by atoms with Crippen LogP contribution in [0, 0.1) is 17.3 Å². The summed E-state index contributed by atoms with van der Waals surface area (Å²) in [6.45, 7) is 4.31. The van der Waals surface area contributed by atoms with Gasteiger partial charge in [-0.1, -0.05) is 20.8 Å². The third-order valence-corrected chi connectivity index (χ3v) is 8.66. The number of amides is 4. The first-order valence-electron chi connectivity index (χ1n) is 13.3. The zero-order chi connectivity index (χ0) is 32.0. The topological polar surface area (TPSA) is 142 Å². The SMILES string of the molecule is CC(C)(C)[C@@H](NC(=O)C(F)(F)F)C(=O)N1[C@H]2CC[C@@H]([C@@H]1C(=O)N[C@H](/C=C(\F)S(C)(=O)=O)C[C@H]1CCNC1=O)C(F)(F)C2. The van der Waals surface area contributed by atoms with Crippen molar-refractivity contribution in [3.63, 3.8) is 0 Å². The number of fused-ring (bicyclic) bond motifs is 3. The molecule has 4 rings (SSSR count). The number of hydrogen-bond acceptors (Lipinski definition) is 6. The Bertz CT molecular complexity index is 1250. The molecule has 10 nitrogen and oxygen atoms in total. The molecule has 42 heavy (non-hydrogen) atoms. The Morgan fingerprint density at radius 2 is 1.74 bits per heavy atom. The summed E-state index contributed by atoms with van der Waals surface area (Å²) in [5.74, 6) is -11.3. The first-order valence-corrected chi connectivity index (χ1v) is 15.2. The van der Waals surface area contributed by atoms with Crippen LogP contribution < -0.4 is 16.0 Å². The van der Waals surface area contributed by atoms with Crippen LogP contribution in [-0.2, 0) is 29.0 Å². The van der Waals surface area contributed by atoms with Crippen molar-refractivity contribution in [1.82, 2.24) is 20.9 Å². The van der Waals surface area contributed by atoms with E-state index in [1.165, 1.54) is 20.8 Å². The Labute approximate surface area is 238 Å². The van der Waals surface area contributed by atoms with Gasteiger partial charge in [-0.15, -0.1) is 0 Å². The molecule has 1 saturated carbocycles. The number of nitrogens with zero attached hydrogens (tertiary/aromatic N) is 1. The fourth-order valence-electron chi connectivity index (χ4n) is 5.73. The minimum Gasteiger partial charge on any atom is -0.356 e. The first kappa shape index (κ1) is 33.6. The van der Waals surface area contributed by atoms with Crippen molar-refractivity contribution in [3.05, 3.63) is 11.2 Å². The average Bonchev–Trinajstić information content (AvgIpc) is 3.22. The molecule has 0 aromatic rings. The van der Waals surface area contributed by atoms with Gasteiger partial charge in [0.25, 0.3) is 5.92 Å². The lowest BCUT2D eigenvalue weighted by Gasteiger charge is -2.55. The largest absolute Gasteiger partial charge is 0.471 e. The van der Waals surface area contributed by atoms with E-state index in [9.17, 15) is 45.2 Å². The van der Waals surface area contributed by atoms with E-state index in [1.54, 1.807) is 5.32 Å². The summed E-state index contributed by atoms with van der Waals surface area (Å²) < 4.78 is 107. The molecule has 0 radical (unpaired) electrons. The number of rotatable bonds is 8. The maximum absolute atomic E-state index is 15.1. The van der Waals surface area contributed by atoms with Gasteiger partial charge in [-0.25, -0.2) is 17.2 Å². The fourth-order valence-corrected chi connectivity index (χ4v) is 6.14. The first-order chi connectivity index (χ1) is 19.0. The summed E-state index contributed by atoms with van der Waals surface area (Å²) >= 11 is 0. The average molecular weight is 633 g/mol. The molecule has 4 fully saturated rings. The molecule has 1 aliphatic carbocycles. The second-order valence-electron chi connectivity index (χ2n) is 12.1. The van der Waals surface area contributed by atoms with Crippen LogP contribution in [0.25, 0.3) is 0 Å². The normalized spacial score (nSPS) is 27.7. The molecule has 3 N–H and O–H groups in total. The molecule has 6 atom stereocenters. The van der Waals surface area contributed by atoms with Gasteiger partial charge in [0.15, 0.2) is 0 Å². The summed E-state index contributed by atoms with van der Waals surface area (Å²) in [4.78, 5) is 52.0. The Morgan fingerprint density at radius 1 is 1.12 bits per heavy atom. The number of sulfone groups is 1. The monoisotopic (exact) mass is 632 g/mol. The van der Waals surface area contributed by atoms with Gasteiger partial charge in [-0.3, -0.25) is 19.2 Å². The highest BCUT2D eigenvalue weighted by atomic mass is 32.2. The minimum atomic E-state index is -5.36. The highest BCUT2D eigenvalue weighted by Crippen LogP contribution is 2.49. The van der Waals surface area contributed by atoms with E-state index in [4.69, 9.17) is 0 Å². The van der Waals surface area contributed by atoms with Crippen LogP contribution in [0.5, 0.6) is 0 Å². The summed E-state index contributed by atoms with van der Waals surface area (Å²) in [6.07, 6.45) is -5.38. The van der Waals surface area contributed by atoms with Crippen molar-refractivity contribution in [1.29, 1.82) is 0 Å². The van der Waals surface area contributed by atoms with Crippen molar-refractivity contribution in [2.75, 3.05) is 12.8 Å². The number of carbonyl (C=O) groups is 4. The maximum Gasteiger partial charge on any atom is 0.471 e. The molecule has 3 heterocycles. The van der Waals surface area contributed by atoms with Crippen molar-refractivity contribution in [2.45, 2.75) is 89.1 Å². The number of nitrogens with one attached hydrogen (secondary N) is 3. The zero-order valence-corrected chi connectivity index (χ0v) is 24.2. The molecular formula is C25H34F6N4O6S. The number of hydrogen-bond donors (Lipinski definition) is 3. The Hall–Kier alpha value is -2.85. The highest BCUT2D eigenvalue weighted by molar-refractivity contribution is 7.94. The minimum absolute atomic E-state index is 0.00808. The predicted molar refractivity (Wildman–Crippen MR) is 136 cm³/mol. The van der Waals surface area contributed by atoms with E-state index in [0.717, 1.165) is 4.90 Å². The molecule has 3 saturated heterocycles. The Morgan fingerprint density at radius 3 is 2.21 bits per heavy atom. The summed E-state index contributed by atoms with van der Waals surface area (Å²) in [6, 6.07) is -6.56. The quantitative estimate of drug-likeness (QED) is 0.350. The molecule has 0 aromatic heterocycles. The Balaban J connectivity index is 2.00. The standard InChI is InChI=1S/C25H34F6N4O6S/c1-23(2,3)18(34-22(39)25(29,30)31)21(38)35-14-5-6-15(24(27,28)11-14)17(35)20(37)33-13(10-16(26)42(4,40)41)9-12-7-8-32-19(12)36/h10,12-15,17-18H,5-9,11H2,1-4H3,(H,32,36)(H,33,37)(H,34,39)/b16-10+/t12-,13+,14+,15+,17-,18+/m1/s1. The zero-order valence-electron chi connectivity index (χ0n) is 23.4. The molecular weight excluding hydrogens is 598 g/mol. The van der Waals surface area contributed by atoms with Gasteiger partial charge < -0.3 is 20.9 Å². The molecule has 2 bridgehead atoms. The highest BCUT2D eigenvalue weighted by Gasteiger charge is 2.61. The second kappa shape index (κ2) is 11.7. The molecule has 4 amide bonds. The van der Waals surface area contributed by atoms with Gasteiger partial charge in [0, 0.05) is 31.2 Å². The van der Waals surface area contributed by atoms with Gasteiger partial charge in [-0.05, 0) is 37.2 Å². The van der Waals surface area contributed by atoms with Gasteiger partial charge in [-0.2, -0.15) is 17.6 Å². The van der Waals surface area contributed by atoms with E-state index in [1.807, 2.05) is 0 Å². The lowest BCUT2D eigenvalue weighted by Crippen LogP contribution is -2.71. The molecule has 0 spiro atoms. The predicted octanol–water partition coefficient (Wildman–Crippen LogP) is 1.96. The van der Waals surface area contributed by atoms with Crippen LogP contribution in [-0.4, -0.2) is 86.0 Å². The molecule has 0 aromatic carbocycles. The number of piperidine rings is 2. The van der Waals surface area contributed by atoms with Gasteiger partial charge >= 0.3 is 12.1 Å². The smallest absolute Gasteiger partial charge is 0.356 e. The van der Waals surface area contributed by atoms with E-state index in [0.29, 0.717) is 12.3 Å². The van der Waals surface area contributed by atoms with Crippen LogP contribution in [0.1, 0.15) is 52.9 Å². The maximum atomic E-state index is 15.1. The third-order valence-electron chi connectivity index (χ3n) is 7.82. The molecule has 3 aliphatic heterocycles. The number of alkyl halides is 5. The van der Waals surface area contributed by atoms with Crippen molar-refractivity contribution in [2.24, 2.45) is 17.3 Å². The van der Waals surface area contributed by atoms with E-state index >= 15 is 8.78 Å². The van der Waals surface area contributed by atoms with Gasteiger partial charge in [0.1, 0.15) is 12.1 Å². The molecule has 17 heteroatoms. The molecule has 0 unspecified atom stereocenters. The third kappa shape index (κ3) is 7.37. The van der Waals surface area contributed by atoms with Crippen molar-refractivity contribution >= 4 is 33.5 Å². The van der Waals surface area contributed by atoms with Crippen LogP contribution in [0.15, 0.2) is 11.2 Å². The lowest BCUT2D eigenvalue weighted by molar-refractivity contribution is -0.197. The molecule has 4 aliphatic rings. The fraction of sp³-hybridized carbons (Fsp3) is 0.760.